The Morgan fingerprint density at radius 2 is 2.12 bits per heavy atom. The van der Waals surface area contributed by atoms with Crippen LogP contribution in [0.4, 0.5) is 11.5 Å². The van der Waals surface area contributed by atoms with Crippen LogP contribution < -0.4 is 10.5 Å². The molecule has 0 bridgehead atoms. The molecule has 4 N–H and O–H groups in total. The molecule has 16 heavy (non-hydrogen) atoms. The van der Waals surface area contributed by atoms with Crippen LogP contribution in [-0.2, 0) is 10.0 Å². The lowest BCUT2D eigenvalue weighted by Crippen LogP contribution is -2.12. The highest BCUT2D eigenvalue weighted by Gasteiger charge is 2.14. The molecule has 0 saturated carbocycles. The number of pyridine rings is 1. The highest BCUT2D eigenvalue weighted by atomic mass is 32.2. The van der Waals surface area contributed by atoms with Crippen molar-refractivity contribution in [2.75, 3.05) is 10.5 Å². The summed E-state index contributed by atoms with van der Waals surface area (Å²) >= 11 is 0. The van der Waals surface area contributed by atoms with Crippen molar-refractivity contribution in [3.8, 4) is 0 Å². The molecule has 0 amide bonds. The van der Waals surface area contributed by atoms with E-state index in [9.17, 15) is 8.42 Å². The average molecular weight is 239 g/mol. The fourth-order valence-electron chi connectivity index (χ4n) is 1.07. The Labute approximate surface area is 91.8 Å². The largest absolute Gasteiger partial charge is 0.384 e. The van der Waals surface area contributed by atoms with Gasteiger partial charge in [0.1, 0.15) is 10.7 Å². The Morgan fingerprint density at radius 1 is 1.31 bits per heavy atom. The first kappa shape index (κ1) is 10.4. The molecule has 0 saturated heterocycles. The van der Waals surface area contributed by atoms with E-state index in [0.717, 1.165) is 0 Å². The first-order valence-electron chi connectivity index (χ1n) is 4.31. The number of hydrogen-bond donors (Lipinski definition) is 3. The Bertz CT molecular complexity index is 561. The van der Waals surface area contributed by atoms with Crippen molar-refractivity contribution in [2.24, 2.45) is 0 Å². The molecule has 0 radical (unpaired) electrons. The molecule has 7 nitrogen and oxygen atoms in total. The molecule has 2 rings (SSSR count). The number of rotatable bonds is 3. The zero-order valence-corrected chi connectivity index (χ0v) is 8.90. The fourth-order valence-corrected chi connectivity index (χ4v) is 2.05. The van der Waals surface area contributed by atoms with Gasteiger partial charge in [0, 0.05) is 12.4 Å². The predicted octanol–water partition coefficient (Wildman–Crippen LogP) is 0.188. The highest BCUT2D eigenvalue weighted by molar-refractivity contribution is 7.92. The summed E-state index contributed by atoms with van der Waals surface area (Å²) in [5, 5.41) is 6.13. The molecule has 0 spiro atoms. The zero-order chi connectivity index (χ0) is 11.6. The van der Waals surface area contributed by atoms with Gasteiger partial charge in [0.05, 0.1) is 11.9 Å². The van der Waals surface area contributed by atoms with E-state index in [1.54, 1.807) is 0 Å². The first-order chi connectivity index (χ1) is 7.58. The van der Waals surface area contributed by atoms with E-state index in [1.165, 1.54) is 30.7 Å². The van der Waals surface area contributed by atoms with Crippen LogP contribution in [0.25, 0.3) is 0 Å². The van der Waals surface area contributed by atoms with Gasteiger partial charge in [-0.05, 0) is 12.1 Å². The van der Waals surface area contributed by atoms with E-state index in [4.69, 9.17) is 5.73 Å². The summed E-state index contributed by atoms with van der Waals surface area (Å²) in [5.74, 6) is 0.266. The summed E-state index contributed by atoms with van der Waals surface area (Å²) in [7, 11) is -3.63. The van der Waals surface area contributed by atoms with Crippen LogP contribution in [0.1, 0.15) is 0 Å². The maximum Gasteiger partial charge on any atom is 0.263 e. The summed E-state index contributed by atoms with van der Waals surface area (Å²) < 4.78 is 25.9. The van der Waals surface area contributed by atoms with Gasteiger partial charge in [-0.2, -0.15) is 5.10 Å². The minimum Gasteiger partial charge on any atom is -0.384 e. The normalized spacial score (nSPS) is 11.2. The SMILES string of the molecule is Nc1ccc(S(=O)(=O)Nc2cn[nH]c2)cn1. The number of nitrogens with two attached hydrogens (primary N) is 1. The van der Waals surface area contributed by atoms with E-state index >= 15 is 0 Å². The van der Waals surface area contributed by atoms with E-state index in [0.29, 0.717) is 5.69 Å². The molecule has 2 aromatic heterocycles. The Morgan fingerprint density at radius 3 is 2.69 bits per heavy atom. The minimum absolute atomic E-state index is 0.0444. The van der Waals surface area contributed by atoms with Crippen LogP contribution in [0.15, 0.2) is 35.6 Å². The molecule has 0 aliphatic carbocycles. The Hall–Kier alpha value is -2.09. The Balaban J connectivity index is 2.29. The van der Waals surface area contributed by atoms with Crippen LogP contribution in [0.3, 0.4) is 0 Å². The highest BCUT2D eigenvalue weighted by Crippen LogP contribution is 2.14. The van der Waals surface area contributed by atoms with Crippen LogP contribution in [-0.4, -0.2) is 23.6 Å². The van der Waals surface area contributed by atoms with E-state index in [2.05, 4.69) is 19.9 Å². The van der Waals surface area contributed by atoms with Crippen molar-refractivity contribution >= 4 is 21.5 Å². The van der Waals surface area contributed by atoms with Gasteiger partial charge < -0.3 is 5.73 Å². The van der Waals surface area contributed by atoms with E-state index < -0.39 is 10.0 Å². The quantitative estimate of drug-likeness (QED) is 0.707. The van der Waals surface area contributed by atoms with E-state index in [1.807, 2.05) is 0 Å². The summed E-state index contributed by atoms with van der Waals surface area (Å²) in [6.07, 6.45) is 3.99. The molecule has 2 heterocycles. The number of aromatic amines is 1. The van der Waals surface area contributed by atoms with Gasteiger partial charge in [0.25, 0.3) is 10.0 Å². The van der Waals surface area contributed by atoms with Crippen molar-refractivity contribution in [1.82, 2.24) is 15.2 Å². The number of nitrogens with zero attached hydrogens (tertiary/aromatic N) is 2. The number of nitrogen functional groups attached to an aromatic ring is 1. The molecular weight excluding hydrogens is 230 g/mol. The van der Waals surface area contributed by atoms with Gasteiger partial charge in [-0.1, -0.05) is 0 Å². The van der Waals surface area contributed by atoms with Crippen LogP contribution in [0, 0.1) is 0 Å². The van der Waals surface area contributed by atoms with E-state index in [-0.39, 0.29) is 10.7 Å². The third-order valence-corrected chi connectivity index (χ3v) is 3.19. The first-order valence-corrected chi connectivity index (χ1v) is 5.79. The second-order valence-electron chi connectivity index (χ2n) is 3.01. The maximum absolute atomic E-state index is 11.8. The second-order valence-corrected chi connectivity index (χ2v) is 4.69. The van der Waals surface area contributed by atoms with Gasteiger partial charge in [0.2, 0.25) is 0 Å². The standard InChI is InChI=1S/C8H9N5O2S/c9-8-2-1-7(5-10-8)16(14,15)13-6-3-11-12-4-6/h1-5,13H,(H2,9,10)(H,11,12). The van der Waals surface area contributed by atoms with Crippen molar-refractivity contribution in [3.05, 3.63) is 30.7 Å². The number of H-pyrrole nitrogens is 1. The number of hydrogen-bond acceptors (Lipinski definition) is 5. The van der Waals surface area contributed by atoms with Crippen molar-refractivity contribution in [1.29, 1.82) is 0 Å². The molecule has 2 aromatic rings. The van der Waals surface area contributed by atoms with Crippen molar-refractivity contribution in [3.63, 3.8) is 0 Å². The summed E-state index contributed by atoms with van der Waals surface area (Å²) in [5.41, 5.74) is 5.72. The molecule has 0 unspecified atom stereocenters. The van der Waals surface area contributed by atoms with Crippen molar-refractivity contribution < 1.29 is 8.42 Å². The molecular formula is C8H9N5O2S. The summed E-state index contributed by atoms with van der Waals surface area (Å²) in [4.78, 5) is 3.75. The lowest BCUT2D eigenvalue weighted by atomic mass is 10.5. The van der Waals surface area contributed by atoms with Gasteiger partial charge in [-0.15, -0.1) is 0 Å². The lowest BCUT2D eigenvalue weighted by molar-refractivity contribution is 0.601. The van der Waals surface area contributed by atoms with Gasteiger partial charge >= 0.3 is 0 Å². The number of aromatic nitrogens is 3. The molecule has 0 fully saturated rings. The third-order valence-electron chi connectivity index (χ3n) is 1.82. The molecule has 0 aliphatic heterocycles. The lowest BCUT2D eigenvalue weighted by Gasteiger charge is -2.04. The molecule has 0 aromatic carbocycles. The topological polar surface area (TPSA) is 114 Å². The number of anilines is 2. The Kier molecular flexibility index (Phi) is 2.49. The number of nitrogens with one attached hydrogen (secondary N) is 2. The van der Waals surface area contributed by atoms with Gasteiger partial charge in [-0.3, -0.25) is 9.82 Å². The maximum atomic E-state index is 11.8. The summed E-state index contributed by atoms with van der Waals surface area (Å²) in [6.45, 7) is 0. The predicted molar refractivity (Wildman–Crippen MR) is 58.0 cm³/mol. The fraction of sp³-hybridized carbons (Fsp3) is 0. The van der Waals surface area contributed by atoms with Gasteiger partial charge in [-0.25, -0.2) is 13.4 Å². The smallest absolute Gasteiger partial charge is 0.263 e. The summed E-state index contributed by atoms with van der Waals surface area (Å²) in [6, 6.07) is 2.80. The minimum atomic E-state index is -3.63. The monoisotopic (exact) mass is 239 g/mol. The average Bonchev–Trinajstić information content (AvgIpc) is 2.70. The van der Waals surface area contributed by atoms with Crippen LogP contribution in [0.2, 0.25) is 0 Å². The van der Waals surface area contributed by atoms with Gasteiger partial charge in [0.15, 0.2) is 0 Å². The molecule has 8 heteroatoms. The molecule has 0 atom stereocenters. The second kappa shape index (κ2) is 3.81. The van der Waals surface area contributed by atoms with Crippen LogP contribution in [0.5, 0.6) is 0 Å². The molecule has 84 valence electrons. The van der Waals surface area contributed by atoms with Crippen LogP contribution >= 0.6 is 0 Å². The van der Waals surface area contributed by atoms with Crippen molar-refractivity contribution in [2.45, 2.75) is 4.90 Å². The zero-order valence-electron chi connectivity index (χ0n) is 8.08. The number of sulfonamides is 1. The molecule has 0 aliphatic rings. The third kappa shape index (κ3) is 2.11.